The molecule has 0 aromatic carbocycles. The summed E-state index contributed by atoms with van der Waals surface area (Å²) in [5, 5.41) is 46.4. The zero-order chi connectivity index (χ0) is 27.6. The van der Waals surface area contributed by atoms with Crippen molar-refractivity contribution in [3.63, 3.8) is 0 Å². The molecular formula is C22H40N3O10+. The fourth-order valence-corrected chi connectivity index (χ4v) is 4.18. The molecule has 1 atom stereocenters. The van der Waals surface area contributed by atoms with Gasteiger partial charge in [-0.15, -0.1) is 0 Å². The lowest BCUT2D eigenvalue weighted by molar-refractivity contribution is -0.945. The van der Waals surface area contributed by atoms with Gasteiger partial charge in [-0.3, -0.25) is 24.2 Å². The van der Waals surface area contributed by atoms with E-state index >= 15 is 0 Å². The highest BCUT2D eigenvalue weighted by Gasteiger charge is 2.46. The molecule has 0 bridgehead atoms. The molecule has 0 saturated carbocycles. The molecule has 0 fully saturated rings. The van der Waals surface area contributed by atoms with Crippen LogP contribution in [0.2, 0.25) is 0 Å². The van der Waals surface area contributed by atoms with E-state index in [2.05, 4.69) is 0 Å². The summed E-state index contributed by atoms with van der Waals surface area (Å²) in [5.74, 6) is -5.75. The highest BCUT2D eigenvalue weighted by Crippen LogP contribution is 2.32. The van der Waals surface area contributed by atoms with Crippen molar-refractivity contribution >= 4 is 29.8 Å². The molecular weight excluding hydrogens is 466 g/mol. The van der Waals surface area contributed by atoms with Gasteiger partial charge in [0.15, 0.2) is 13.1 Å². The van der Waals surface area contributed by atoms with E-state index in [4.69, 9.17) is 10.2 Å². The number of carbonyl (C=O) groups is 5. The zero-order valence-electron chi connectivity index (χ0n) is 21.2. The topological polar surface area (TPSA) is 193 Å². The number of quaternary nitrogens is 1. The lowest BCUT2D eigenvalue weighted by atomic mass is 9.87. The summed E-state index contributed by atoms with van der Waals surface area (Å²) in [7, 11) is 1.56. The number of aliphatic carboxylic acids is 5. The monoisotopic (exact) mass is 506 g/mol. The number of carboxylic acids is 5. The third-order valence-electron chi connectivity index (χ3n) is 6.89. The van der Waals surface area contributed by atoms with Gasteiger partial charge in [-0.2, -0.15) is 0 Å². The van der Waals surface area contributed by atoms with E-state index in [1.807, 2.05) is 6.92 Å². The number of hydrogen-bond acceptors (Lipinski definition) is 7. The minimum Gasteiger partial charge on any atom is -0.480 e. The first-order valence-corrected chi connectivity index (χ1v) is 11.3. The van der Waals surface area contributed by atoms with Gasteiger partial charge in [0, 0.05) is 25.0 Å². The van der Waals surface area contributed by atoms with Gasteiger partial charge >= 0.3 is 29.8 Å². The molecule has 0 amide bonds. The van der Waals surface area contributed by atoms with Gasteiger partial charge in [0.2, 0.25) is 0 Å². The predicted molar refractivity (Wildman–Crippen MR) is 124 cm³/mol. The predicted octanol–water partition coefficient (Wildman–Crippen LogP) is 0.188. The molecule has 5 N–H and O–H groups in total. The number of nitrogens with zero attached hydrogens (tertiary/aromatic N) is 3. The molecule has 0 aliphatic heterocycles. The van der Waals surface area contributed by atoms with Gasteiger partial charge in [0.05, 0.1) is 32.2 Å². The Kier molecular flexibility index (Phi) is 12.3. The molecule has 0 spiro atoms. The zero-order valence-corrected chi connectivity index (χ0v) is 21.2. The number of rotatable bonds is 19. The molecule has 0 aliphatic rings. The molecule has 0 aromatic rings. The molecule has 0 aliphatic carbocycles. The van der Waals surface area contributed by atoms with E-state index in [9.17, 15) is 39.3 Å². The van der Waals surface area contributed by atoms with Gasteiger partial charge < -0.3 is 30.0 Å². The van der Waals surface area contributed by atoms with Crippen molar-refractivity contribution in [3.05, 3.63) is 0 Å². The molecule has 35 heavy (non-hydrogen) atoms. The van der Waals surface area contributed by atoms with Crippen molar-refractivity contribution in [2.24, 2.45) is 0 Å². The van der Waals surface area contributed by atoms with E-state index < -0.39 is 67.1 Å². The average Bonchev–Trinajstić information content (AvgIpc) is 2.66. The summed E-state index contributed by atoms with van der Waals surface area (Å²) in [4.78, 5) is 59.7. The van der Waals surface area contributed by atoms with Crippen LogP contribution in [-0.2, 0) is 24.0 Å². The van der Waals surface area contributed by atoms with Crippen LogP contribution in [0.5, 0.6) is 0 Å². The van der Waals surface area contributed by atoms with Crippen LogP contribution in [0.15, 0.2) is 0 Å². The van der Waals surface area contributed by atoms with Gasteiger partial charge in [-0.1, -0.05) is 6.92 Å². The van der Waals surface area contributed by atoms with Crippen LogP contribution in [0.4, 0.5) is 0 Å². The molecule has 1 unspecified atom stereocenters. The minimum absolute atomic E-state index is 0.0958. The Balaban J connectivity index is 5.80. The first-order chi connectivity index (χ1) is 15.9. The van der Waals surface area contributed by atoms with Crippen molar-refractivity contribution in [2.75, 3.05) is 52.9 Å². The number of carboxylic acid groups (broad SMARTS) is 5. The summed E-state index contributed by atoms with van der Waals surface area (Å²) in [6, 6.07) is 0. The molecule has 0 rings (SSSR count). The normalized spacial score (nSPS) is 14.0. The lowest BCUT2D eigenvalue weighted by Gasteiger charge is -2.49. The van der Waals surface area contributed by atoms with Gasteiger partial charge in [-0.25, -0.2) is 9.59 Å². The van der Waals surface area contributed by atoms with Crippen LogP contribution < -0.4 is 0 Å². The average molecular weight is 507 g/mol. The summed E-state index contributed by atoms with van der Waals surface area (Å²) >= 11 is 0. The van der Waals surface area contributed by atoms with Gasteiger partial charge in [-0.05, 0) is 33.6 Å². The second-order valence-electron chi connectivity index (χ2n) is 9.98. The van der Waals surface area contributed by atoms with Crippen LogP contribution in [-0.4, -0.2) is 134 Å². The third kappa shape index (κ3) is 11.0. The minimum atomic E-state index is -1.18. The van der Waals surface area contributed by atoms with E-state index in [1.54, 1.807) is 32.7 Å². The van der Waals surface area contributed by atoms with Crippen molar-refractivity contribution < 1.29 is 54.0 Å². The first kappa shape index (κ1) is 32.2. The number of likely N-dealkylation sites (N-methyl/N-ethyl adjacent to an activating group) is 1. The van der Waals surface area contributed by atoms with Crippen molar-refractivity contribution in [1.29, 1.82) is 0 Å². The second-order valence-corrected chi connectivity index (χ2v) is 9.98. The van der Waals surface area contributed by atoms with E-state index in [0.717, 1.165) is 0 Å². The Morgan fingerprint density at radius 1 is 0.686 bits per heavy atom. The maximum atomic E-state index is 11.6. The van der Waals surface area contributed by atoms with Crippen LogP contribution in [0.1, 0.15) is 47.0 Å². The summed E-state index contributed by atoms with van der Waals surface area (Å²) < 4.78 is -0.277. The van der Waals surface area contributed by atoms with Gasteiger partial charge in [0.1, 0.15) is 0 Å². The number of hydrogen-bond donors (Lipinski definition) is 5. The summed E-state index contributed by atoms with van der Waals surface area (Å²) in [6.07, 6.45) is 1.00. The molecule has 202 valence electrons. The molecule has 0 aromatic heterocycles. The fourth-order valence-electron chi connectivity index (χ4n) is 4.18. The fraction of sp³-hybridized carbons (Fsp3) is 0.773. The van der Waals surface area contributed by atoms with E-state index in [0.29, 0.717) is 12.8 Å². The molecule has 13 nitrogen and oxygen atoms in total. The quantitative estimate of drug-likeness (QED) is 0.150. The Bertz CT molecular complexity index is 753. The molecule has 0 saturated heterocycles. The Morgan fingerprint density at radius 2 is 1.11 bits per heavy atom. The Hall–Kier alpha value is -2.77. The van der Waals surface area contributed by atoms with Crippen LogP contribution in [0, 0.1) is 0 Å². The summed E-state index contributed by atoms with van der Waals surface area (Å²) in [5.41, 5.74) is -1.59. The molecule has 13 heteroatoms. The van der Waals surface area contributed by atoms with Crippen LogP contribution in [0.3, 0.4) is 0 Å². The van der Waals surface area contributed by atoms with E-state index in [-0.39, 0.29) is 30.5 Å². The lowest BCUT2D eigenvalue weighted by Crippen LogP contribution is -2.65. The highest BCUT2D eigenvalue weighted by molar-refractivity contribution is 5.72. The Labute approximate surface area is 205 Å². The highest BCUT2D eigenvalue weighted by atomic mass is 16.4. The third-order valence-corrected chi connectivity index (χ3v) is 6.89. The largest absolute Gasteiger partial charge is 0.480 e. The Morgan fingerprint density at radius 3 is 1.46 bits per heavy atom. The first-order valence-electron chi connectivity index (χ1n) is 11.3. The van der Waals surface area contributed by atoms with Crippen molar-refractivity contribution in [1.82, 2.24) is 9.80 Å². The van der Waals surface area contributed by atoms with Crippen LogP contribution >= 0.6 is 0 Å². The van der Waals surface area contributed by atoms with Crippen molar-refractivity contribution in [2.45, 2.75) is 58.0 Å². The van der Waals surface area contributed by atoms with E-state index in [1.165, 1.54) is 4.90 Å². The SMILES string of the molecule is CCC(C)(CCN(CC(=O)O)C(C)(C)CCN(CC(=O)O)CC(=O)O)[N+](C)(CC(=O)O)CC(=O)O. The smallest absolute Gasteiger partial charge is 0.359 e. The van der Waals surface area contributed by atoms with Crippen LogP contribution in [0.25, 0.3) is 0 Å². The van der Waals surface area contributed by atoms with Crippen molar-refractivity contribution in [3.8, 4) is 0 Å². The molecule has 0 heterocycles. The maximum Gasteiger partial charge on any atom is 0.359 e. The summed E-state index contributed by atoms with van der Waals surface area (Å²) in [6.45, 7) is 5.29. The maximum absolute atomic E-state index is 11.6. The molecule has 0 radical (unpaired) electrons. The van der Waals surface area contributed by atoms with Gasteiger partial charge in [0.25, 0.3) is 0 Å². The second kappa shape index (κ2) is 13.4. The standard InChI is InChI=1S/C22H39N3O10/c1-6-22(4,25(5,14-19(32)33)15-20(34)35)8-10-24(13-18(30)31)21(2,3)7-9-23(11-16(26)27)12-17(28)29/h6-15H2,1-5H3,(H4-,26,27,28,29,30,31,32,33,34,35)/p+1.